The third-order valence-corrected chi connectivity index (χ3v) is 4.11. The summed E-state index contributed by atoms with van der Waals surface area (Å²) in [5.74, 6) is -60.4. The number of ether oxygens (including phenoxy) is 1. The van der Waals surface area contributed by atoms with Crippen molar-refractivity contribution in [2.45, 2.75) is 73.5 Å². The standard InChI is InChI=1S/C15H9F19O2/c1-5(2)6(35)36-8(18,19)4-3-7(16,17)9(20,21)10(22,23)11(24,25)12(26,27)13(28,29)14(30,31)15(32,33)34/h1,3-4H2,2H3. The second-order valence-electron chi connectivity index (χ2n) is 6.96. The zero-order valence-corrected chi connectivity index (χ0v) is 16.6. The molecule has 0 aromatic rings. The molecule has 0 fully saturated rings. The zero-order valence-electron chi connectivity index (χ0n) is 16.6. The highest BCUT2D eigenvalue weighted by atomic mass is 19.4. The van der Waals surface area contributed by atoms with Crippen molar-refractivity contribution in [2.75, 3.05) is 0 Å². The van der Waals surface area contributed by atoms with Crippen LogP contribution in [0.4, 0.5) is 83.4 Å². The minimum Gasteiger partial charge on any atom is -0.397 e. The zero-order chi connectivity index (χ0) is 29.8. The van der Waals surface area contributed by atoms with Gasteiger partial charge in [0.2, 0.25) is 0 Å². The lowest BCUT2D eigenvalue weighted by Crippen LogP contribution is -2.74. The number of carbonyl (C=O) groups is 1. The molecule has 0 N–H and O–H groups in total. The van der Waals surface area contributed by atoms with Crippen LogP contribution in [0.15, 0.2) is 12.2 Å². The summed E-state index contributed by atoms with van der Waals surface area (Å²) >= 11 is 0. The fourth-order valence-corrected chi connectivity index (χ4v) is 1.93. The molecule has 0 radical (unpaired) electrons. The van der Waals surface area contributed by atoms with Crippen LogP contribution in [-0.2, 0) is 9.53 Å². The minimum absolute atomic E-state index is 0.669. The van der Waals surface area contributed by atoms with E-state index in [2.05, 4.69) is 11.3 Å². The first-order chi connectivity index (χ1) is 15.3. The molecule has 0 spiro atoms. The molecule has 214 valence electrons. The van der Waals surface area contributed by atoms with Crippen molar-refractivity contribution in [1.29, 1.82) is 0 Å². The second kappa shape index (κ2) is 9.02. The van der Waals surface area contributed by atoms with Crippen LogP contribution in [0.2, 0.25) is 0 Å². The van der Waals surface area contributed by atoms with Gasteiger partial charge in [0.25, 0.3) is 0 Å². The molecule has 0 amide bonds. The topological polar surface area (TPSA) is 26.3 Å². The Morgan fingerprint density at radius 1 is 0.556 bits per heavy atom. The van der Waals surface area contributed by atoms with Crippen LogP contribution in [0.3, 0.4) is 0 Å². The van der Waals surface area contributed by atoms with E-state index in [9.17, 15) is 88.2 Å². The van der Waals surface area contributed by atoms with E-state index < -0.39 is 78.1 Å². The van der Waals surface area contributed by atoms with E-state index in [0.29, 0.717) is 6.92 Å². The normalized spacial score (nSPS) is 15.7. The first-order valence-electron chi connectivity index (χ1n) is 8.26. The lowest BCUT2D eigenvalue weighted by atomic mass is 9.88. The van der Waals surface area contributed by atoms with Crippen LogP contribution in [-0.4, -0.2) is 59.7 Å². The molecule has 0 heterocycles. The molecule has 0 aromatic heterocycles. The quantitative estimate of drug-likeness (QED) is 0.144. The van der Waals surface area contributed by atoms with Crippen LogP contribution in [0.25, 0.3) is 0 Å². The summed E-state index contributed by atoms with van der Waals surface area (Å²) in [5.41, 5.74) is -0.878. The smallest absolute Gasteiger partial charge is 0.397 e. The summed E-state index contributed by atoms with van der Waals surface area (Å²) in [6.07, 6.45) is -19.5. The van der Waals surface area contributed by atoms with Gasteiger partial charge in [-0.2, -0.15) is 83.4 Å². The third kappa shape index (κ3) is 5.14. The van der Waals surface area contributed by atoms with E-state index in [-0.39, 0.29) is 0 Å². The highest BCUT2D eigenvalue weighted by Gasteiger charge is 2.95. The van der Waals surface area contributed by atoms with Crippen molar-refractivity contribution in [1.82, 2.24) is 0 Å². The van der Waals surface area contributed by atoms with Gasteiger partial charge in [-0.05, 0) is 6.92 Å². The number of hydrogen-bond acceptors (Lipinski definition) is 2. The Kier molecular flexibility index (Phi) is 8.49. The van der Waals surface area contributed by atoms with Gasteiger partial charge < -0.3 is 4.74 Å². The largest absolute Gasteiger partial charge is 0.460 e. The van der Waals surface area contributed by atoms with Gasteiger partial charge in [0, 0.05) is 12.0 Å². The lowest BCUT2D eigenvalue weighted by molar-refractivity contribution is -0.462. The van der Waals surface area contributed by atoms with Crippen molar-refractivity contribution in [3.05, 3.63) is 12.2 Å². The van der Waals surface area contributed by atoms with Gasteiger partial charge in [-0.25, -0.2) is 4.79 Å². The maximum atomic E-state index is 13.6. The third-order valence-electron chi connectivity index (χ3n) is 4.11. The molecule has 0 aliphatic carbocycles. The Bertz CT molecular complexity index is 838. The Morgan fingerprint density at radius 3 is 1.17 bits per heavy atom. The van der Waals surface area contributed by atoms with E-state index in [4.69, 9.17) is 0 Å². The number of alkyl halides is 19. The summed E-state index contributed by atoms with van der Waals surface area (Å²) in [6.45, 7) is 3.38. The minimum atomic E-state index is -8.82. The van der Waals surface area contributed by atoms with Crippen molar-refractivity contribution in [3.63, 3.8) is 0 Å². The summed E-state index contributed by atoms with van der Waals surface area (Å²) in [5, 5.41) is 0. The molecule has 0 atom stereocenters. The summed E-state index contributed by atoms with van der Waals surface area (Å²) < 4.78 is 252. The molecular formula is C15H9F19O2. The van der Waals surface area contributed by atoms with Gasteiger partial charge in [-0.1, -0.05) is 6.58 Å². The molecule has 0 unspecified atom stereocenters. The fourth-order valence-electron chi connectivity index (χ4n) is 1.93. The van der Waals surface area contributed by atoms with Gasteiger partial charge in [-0.3, -0.25) is 0 Å². The number of hydrogen-bond donors (Lipinski definition) is 0. The predicted octanol–water partition coefficient (Wildman–Crippen LogP) is 7.49. The van der Waals surface area contributed by atoms with Crippen molar-refractivity contribution >= 4 is 5.97 Å². The van der Waals surface area contributed by atoms with Crippen molar-refractivity contribution < 1.29 is 92.9 Å². The Morgan fingerprint density at radius 2 is 0.861 bits per heavy atom. The van der Waals surface area contributed by atoms with E-state index in [1.54, 1.807) is 0 Å². The van der Waals surface area contributed by atoms with Crippen molar-refractivity contribution in [2.24, 2.45) is 0 Å². The highest BCUT2D eigenvalue weighted by molar-refractivity contribution is 5.87. The van der Waals surface area contributed by atoms with Gasteiger partial charge in [0.15, 0.2) is 0 Å². The summed E-state index contributed by atoms with van der Waals surface area (Å²) in [6, 6.07) is 0. The molecule has 0 aromatic carbocycles. The SMILES string of the molecule is C=C(C)C(=O)OC(F)(F)CCC(F)(F)C(F)(F)C(F)(F)C(F)(F)C(F)(F)C(F)(F)C(F)(F)C(F)(F)F. The van der Waals surface area contributed by atoms with Gasteiger partial charge in [0.05, 0.1) is 6.42 Å². The molecule has 0 rings (SSSR count). The highest BCUT2D eigenvalue weighted by Crippen LogP contribution is 2.64. The van der Waals surface area contributed by atoms with E-state index in [1.807, 2.05) is 0 Å². The molecule has 0 aliphatic heterocycles. The van der Waals surface area contributed by atoms with Gasteiger partial charge in [-0.15, -0.1) is 0 Å². The van der Waals surface area contributed by atoms with Crippen LogP contribution >= 0.6 is 0 Å². The molecule has 0 saturated heterocycles. The summed E-state index contributed by atoms with van der Waals surface area (Å²) in [7, 11) is 0. The summed E-state index contributed by atoms with van der Waals surface area (Å²) in [4.78, 5) is 10.9. The molecule has 21 heteroatoms. The van der Waals surface area contributed by atoms with Gasteiger partial charge >= 0.3 is 59.7 Å². The number of carbonyl (C=O) groups excluding carboxylic acids is 1. The van der Waals surface area contributed by atoms with Crippen LogP contribution in [0.5, 0.6) is 0 Å². The first kappa shape index (κ1) is 33.9. The Balaban J connectivity index is 6.42. The Labute approximate surface area is 186 Å². The molecule has 2 nitrogen and oxygen atoms in total. The maximum Gasteiger partial charge on any atom is 0.460 e. The molecule has 0 saturated carbocycles. The van der Waals surface area contributed by atoms with Crippen LogP contribution in [0, 0.1) is 0 Å². The van der Waals surface area contributed by atoms with Crippen molar-refractivity contribution in [3.8, 4) is 0 Å². The molecule has 0 bridgehead atoms. The first-order valence-corrected chi connectivity index (χ1v) is 8.26. The number of rotatable bonds is 11. The average molecular weight is 582 g/mol. The lowest BCUT2D eigenvalue weighted by Gasteiger charge is -2.42. The Hall–Kier alpha value is -2.12. The monoisotopic (exact) mass is 582 g/mol. The van der Waals surface area contributed by atoms with E-state index in [1.165, 1.54) is 0 Å². The number of esters is 1. The maximum absolute atomic E-state index is 13.6. The number of halogens is 19. The van der Waals surface area contributed by atoms with Crippen LogP contribution < -0.4 is 0 Å². The van der Waals surface area contributed by atoms with Crippen LogP contribution in [0.1, 0.15) is 19.8 Å². The van der Waals surface area contributed by atoms with Gasteiger partial charge in [0.1, 0.15) is 0 Å². The predicted molar refractivity (Wildman–Crippen MR) is 75.8 cm³/mol. The fraction of sp³-hybridized carbons (Fsp3) is 0.800. The molecule has 0 aliphatic rings. The van der Waals surface area contributed by atoms with E-state index in [0.717, 1.165) is 0 Å². The molecule has 36 heavy (non-hydrogen) atoms. The average Bonchev–Trinajstić information content (AvgIpc) is 2.64. The molecular weight excluding hydrogens is 573 g/mol. The second-order valence-corrected chi connectivity index (χ2v) is 6.96. The van der Waals surface area contributed by atoms with E-state index >= 15 is 0 Å².